The van der Waals surface area contributed by atoms with Crippen LogP contribution in [0, 0.1) is 0 Å². The van der Waals surface area contributed by atoms with E-state index >= 15 is 0 Å². The zero-order valence-electron chi connectivity index (χ0n) is 10.6. The highest BCUT2D eigenvalue weighted by molar-refractivity contribution is 5.81. The Morgan fingerprint density at radius 1 is 1.35 bits per heavy atom. The number of anilines is 2. The average molecular weight is 237 g/mol. The second-order valence-electron chi connectivity index (χ2n) is 3.97. The lowest BCUT2D eigenvalue weighted by Crippen LogP contribution is -2.38. The molecule has 1 amide bonds. The molecule has 94 valence electrons. The topological polar surface area (TPSA) is 75.4 Å². The lowest BCUT2D eigenvalue weighted by atomic mass is 10.3. The van der Waals surface area contributed by atoms with E-state index in [2.05, 4.69) is 9.97 Å². The number of amides is 1. The van der Waals surface area contributed by atoms with Crippen LogP contribution in [0.2, 0.25) is 0 Å². The van der Waals surface area contributed by atoms with Crippen LogP contribution in [0.15, 0.2) is 12.4 Å². The van der Waals surface area contributed by atoms with Gasteiger partial charge in [0.15, 0.2) is 11.6 Å². The van der Waals surface area contributed by atoms with Gasteiger partial charge in [-0.05, 0) is 6.42 Å². The molecular weight excluding hydrogens is 218 g/mol. The summed E-state index contributed by atoms with van der Waals surface area (Å²) in [6.45, 7) is 3.03. The smallest absolute Gasteiger partial charge is 0.241 e. The number of nitrogens with zero attached hydrogens (tertiary/aromatic N) is 4. The van der Waals surface area contributed by atoms with Gasteiger partial charge in [-0.15, -0.1) is 0 Å². The van der Waals surface area contributed by atoms with Gasteiger partial charge in [-0.1, -0.05) is 6.92 Å². The number of likely N-dealkylation sites (N-methyl/N-ethyl adjacent to an activating group) is 1. The summed E-state index contributed by atoms with van der Waals surface area (Å²) in [5, 5.41) is 0. The van der Waals surface area contributed by atoms with E-state index in [0.29, 0.717) is 11.6 Å². The molecule has 0 spiro atoms. The molecule has 1 rings (SSSR count). The summed E-state index contributed by atoms with van der Waals surface area (Å²) >= 11 is 0. The first kappa shape index (κ1) is 13.2. The Balaban J connectivity index is 2.86. The summed E-state index contributed by atoms with van der Waals surface area (Å²) in [5.74, 6) is 0.945. The van der Waals surface area contributed by atoms with Gasteiger partial charge in [-0.2, -0.15) is 0 Å². The van der Waals surface area contributed by atoms with Crippen molar-refractivity contribution in [1.29, 1.82) is 0 Å². The number of hydrogen-bond acceptors (Lipinski definition) is 5. The third kappa shape index (κ3) is 3.58. The molecule has 0 aliphatic rings. The Morgan fingerprint density at radius 3 is 2.53 bits per heavy atom. The Morgan fingerprint density at radius 2 is 2.00 bits per heavy atom. The minimum absolute atomic E-state index is 0.0171. The van der Waals surface area contributed by atoms with Crippen molar-refractivity contribution in [2.45, 2.75) is 13.3 Å². The Bertz CT molecular complexity index is 380. The fourth-order valence-corrected chi connectivity index (χ4v) is 1.42. The van der Waals surface area contributed by atoms with Gasteiger partial charge in [-0.25, -0.2) is 9.97 Å². The summed E-state index contributed by atoms with van der Waals surface area (Å²) in [4.78, 5) is 23.3. The van der Waals surface area contributed by atoms with Crippen molar-refractivity contribution >= 4 is 17.5 Å². The van der Waals surface area contributed by atoms with Gasteiger partial charge in [-0.3, -0.25) is 4.79 Å². The number of aromatic nitrogens is 2. The molecule has 6 nitrogen and oxygen atoms in total. The Hall–Kier alpha value is -1.85. The minimum Gasteiger partial charge on any atom is -0.381 e. The molecule has 0 saturated carbocycles. The monoisotopic (exact) mass is 237 g/mol. The lowest BCUT2D eigenvalue weighted by molar-refractivity contribution is -0.127. The van der Waals surface area contributed by atoms with Crippen molar-refractivity contribution in [1.82, 2.24) is 14.9 Å². The Labute approximate surface area is 101 Å². The molecule has 6 heteroatoms. The van der Waals surface area contributed by atoms with E-state index in [1.54, 1.807) is 25.2 Å². The normalized spacial score (nSPS) is 10.1. The van der Waals surface area contributed by atoms with Crippen LogP contribution in [0.4, 0.5) is 11.6 Å². The van der Waals surface area contributed by atoms with E-state index in [4.69, 9.17) is 5.73 Å². The molecule has 17 heavy (non-hydrogen) atoms. The largest absolute Gasteiger partial charge is 0.381 e. The van der Waals surface area contributed by atoms with Gasteiger partial charge in [0.2, 0.25) is 5.91 Å². The quantitative estimate of drug-likeness (QED) is 0.800. The van der Waals surface area contributed by atoms with Crippen molar-refractivity contribution < 1.29 is 4.79 Å². The van der Waals surface area contributed by atoms with Crippen LogP contribution in [0.1, 0.15) is 13.3 Å². The Kier molecular flexibility index (Phi) is 4.68. The number of carbonyl (C=O) groups is 1. The van der Waals surface area contributed by atoms with Crippen LogP contribution >= 0.6 is 0 Å². The van der Waals surface area contributed by atoms with E-state index in [1.807, 2.05) is 11.8 Å². The third-order valence-electron chi connectivity index (χ3n) is 2.32. The average Bonchev–Trinajstić information content (AvgIpc) is 2.29. The van der Waals surface area contributed by atoms with Crippen molar-refractivity contribution in [3.8, 4) is 0 Å². The summed E-state index contributed by atoms with van der Waals surface area (Å²) in [5.41, 5.74) is 5.76. The van der Waals surface area contributed by atoms with Crippen LogP contribution in [-0.4, -0.2) is 48.0 Å². The molecular formula is C11H19N5O. The van der Waals surface area contributed by atoms with E-state index in [1.165, 1.54) is 6.20 Å². The SMILES string of the molecule is CCCN(CC(=O)N(C)C)c1nccnc1N. The number of rotatable bonds is 5. The van der Waals surface area contributed by atoms with Crippen LogP contribution in [0.25, 0.3) is 0 Å². The number of nitrogens with two attached hydrogens (primary N) is 1. The van der Waals surface area contributed by atoms with Crippen molar-refractivity contribution in [3.05, 3.63) is 12.4 Å². The summed E-state index contributed by atoms with van der Waals surface area (Å²) in [6.07, 6.45) is 4.03. The maximum atomic E-state index is 11.7. The zero-order chi connectivity index (χ0) is 12.8. The maximum Gasteiger partial charge on any atom is 0.241 e. The first-order valence-electron chi connectivity index (χ1n) is 5.57. The second kappa shape index (κ2) is 6.03. The predicted molar refractivity (Wildman–Crippen MR) is 67.6 cm³/mol. The van der Waals surface area contributed by atoms with Gasteiger partial charge in [0.05, 0.1) is 6.54 Å². The first-order valence-corrected chi connectivity index (χ1v) is 5.57. The number of hydrogen-bond donors (Lipinski definition) is 1. The van der Waals surface area contributed by atoms with Crippen molar-refractivity contribution in [2.75, 3.05) is 37.8 Å². The van der Waals surface area contributed by atoms with E-state index in [9.17, 15) is 4.79 Å². The molecule has 0 radical (unpaired) electrons. The summed E-state index contributed by atoms with van der Waals surface area (Å²) in [7, 11) is 3.46. The molecule has 1 aromatic rings. The van der Waals surface area contributed by atoms with E-state index in [-0.39, 0.29) is 12.5 Å². The van der Waals surface area contributed by atoms with Crippen molar-refractivity contribution in [3.63, 3.8) is 0 Å². The van der Waals surface area contributed by atoms with E-state index in [0.717, 1.165) is 13.0 Å². The van der Waals surface area contributed by atoms with Crippen LogP contribution in [-0.2, 0) is 4.79 Å². The molecule has 1 aromatic heterocycles. The highest BCUT2D eigenvalue weighted by Crippen LogP contribution is 2.16. The van der Waals surface area contributed by atoms with Gasteiger partial charge < -0.3 is 15.5 Å². The highest BCUT2D eigenvalue weighted by atomic mass is 16.2. The molecule has 0 atom stereocenters. The molecule has 0 aromatic carbocycles. The van der Waals surface area contributed by atoms with Gasteiger partial charge >= 0.3 is 0 Å². The minimum atomic E-state index is 0.0171. The summed E-state index contributed by atoms with van der Waals surface area (Å²) < 4.78 is 0. The fourth-order valence-electron chi connectivity index (χ4n) is 1.42. The van der Waals surface area contributed by atoms with Crippen LogP contribution in [0.3, 0.4) is 0 Å². The predicted octanol–water partition coefficient (Wildman–Crippen LogP) is 0.363. The maximum absolute atomic E-state index is 11.7. The molecule has 0 aliphatic carbocycles. The van der Waals surface area contributed by atoms with Gasteiger partial charge in [0.1, 0.15) is 0 Å². The van der Waals surface area contributed by atoms with Crippen molar-refractivity contribution in [2.24, 2.45) is 0 Å². The molecule has 0 unspecified atom stereocenters. The van der Waals surface area contributed by atoms with Gasteiger partial charge in [0, 0.05) is 33.0 Å². The summed E-state index contributed by atoms with van der Waals surface area (Å²) in [6, 6.07) is 0. The standard InChI is InChI=1S/C11H19N5O/c1-4-7-16(8-9(17)15(2)3)11-10(12)13-5-6-14-11/h5-6H,4,7-8H2,1-3H3,(H2,12,13). The zero-order valence-corrected chi connectivity index (χ0v) is 10.6. The number of carbonyl (C=O) groups excluding carboxylic acids is 1. The van der Waals surface area contributed by atoms with Gasteiger partial charge in [0.25, 0.3) is 0 Å². The van der Waals surface area contributed by atoms with Crippen LogP contribution in [0.5, 0.6) is 0 Å². The molecule has 1 heterocycles. The number of nitrogen functional groups attached to an aromatic ring is 1. The fraction of sp³-hybridized carbons (Fsp3) is 0.545. The van der Waals surface area contributed by atoms with Crippen LogP contribution < -0.4 is 10.6 Å². The lowest BCUT2D eigenvalue weighted by Gasteiger charge is -2.24. The highest BCUT2D eigenvalue weighted by Gasteiger charge is 2.15. The second-order valence-corrected chi connectivity index (χ2v) is 3.97. The molecule has 0 bridgehead atoms. The first-order chi connectivity index (χ1) is 8.06. The third-order valence-corrected chi connectivity index (χ3v) is 2.32. The molecule has 0 saturated heterocycles. The molecule has 2 N–H and O–H groups in total. The van der Waals surface area contributed by atoms with E-state index < -0.39 is 0 Å². The molecule has 0 aliphatic heterocycles. The molecule has 0 fully saturated rings.